The van der Waals surface area contributed by atoms with Crippen molar-refractivity contribution in [1.82, 2.24) is 10.5 Å². The Morgan fingerprint density at radius 3 is 2.67 bits per heavy atom. The highest BCUT2D eigenvalue weighted by Gasteiger charge is 2.25. The van der Waals surface area contributed by atoms with E-state index in [1.807, 2.05) is 6.92 Å². The summed E-state index contributed by atoms with van der Waals surface area (Å²) < 4.78 is 4.84. The summed E-state index contributed by atoms with van der Waals surface area (Å²) in [5.74, 6) is -0.884. The maximum Gasteiger partial charge on any atom is 0.326 e. The Hall–Kier alpha value is -1.85. The summed E-state index contributed by atoms with van der Waals surface area (Å²) in [6, 6.07) is 0.786. The van der Waals surface area contributed by atoms with E-state index in [0.29, 0.717) is 17.9 Å². The zero-order chi connectivity index (χ0) is 13.7. The molecule has 2 atom stereocenters. The van der Waals surface area contributed by atoms with Crippen LogP contribution in [0.5, 0.6) is 0 Å². The molecule has 0 saturated carbocycles. The van der Waals surface area contributed by atoms with Gasteiger partial charge in [-0.3, -0.25) is 4.79 Å². The van der Waals surface area contributed by atoms with E-state index in [1.54, 1.807) is 19.9 Å². The Kier molecular flexibility index (Phi) is 4.88. The normalized spacial score (nSPS) is 13.9. The molecule has 0 bridgehead atoms. The smallest absolute Gasteiger partial charge is 0.326 e. The fourth-order valence-corrected chi connectivity index (χ4v) is 1.57. The van der Waals surface area contributed by atoms with Crippen molar-refractivity contribution in [3.63, 3.8) is 0 Å². The lowest BCUT2D eigenvalue weighted by Crippen LogP contribution is -2.45. The largest absolute Gasteiger partial charge is 0.480 e. The number of carboxylic acids is 1. The first kappa shape index (κ1) is 14.2. The van der Waals surface area contributed by atoms with Gasteiger partial charge in [0.15, 0.2) is 0 Å². The molecule has 1 heterocycles. The minimum Gasteiger partial charge on any atom is -0.480 e. The molecule has 0 aromatic carbocycles. The average molecular weight is 254 g/mol. The molecule has 1 amide bonds. The Balaban J connectivity index is 2.59. The number of carbonyl (C=O) groups excluding carboxylic acids is 1. The summed E-state index contributed by atoms with van der Waals surface area (Å²) in [5, 5.41) is 15.2. The van der Waals surface area contributed by atoms with Crippen LogP contribution in [0.25, 0.3) is 0 Å². The van der Waals surface area contributed by atoms with Crippen LogP contribution in [0.2, 0.25) is 0 Å². The zero-order valence-corrected chi connectivity index (χ0v) is 10.8. The average Bonchev–Trinajstić information content (AvgIpc) is 2.70. The highest BCUT2D eigenvalue weighted by Crippen LogP contribution is 2.09. The molecule has 18 heavy (non-hydrogen) atoms. The standard InChI is InChI=1S/C12H18N2O4/c1-4-7(2)11(12(16)17)13-10(15)6-9-5-8(3)18-14-9/h5,7,11H,4,6H2,1-3H3,(H,13,15)(H,16,17)/t7-,11-/m0/s1. The number of carbonyl (C=O) groups is 2. The molecule has 0 saturated heterocycles. The van der Waals surface area contributed by atoms with E-state index < -0.39 is 12.0 Å². The van der Waals surface area contributed by atoms with Gasteiger partial charge in [-0.15, -0.1) is 0 Å². The van der Waals surface area contributed by atoms with Gasteiger partial charge in [0.25, 0.3) is 0 Å². The summed E-state index contributed by atoms with van der Waals surface area (Å²) in [7, 11) is 0. The fourth-order valence-electron chi connectivity index (χ4n) is 1.57. The molecule has 0 spiro atoms. The third-order valence-corrected chi connectivity index (χ3v) is 2.81. The molecule has 0 fully saturated rings. The van der Waals surface area contributed by atoms with Crippen LogP contribution in [0.4, 0.5) is 0 Å². The second-order valence-corrected chi connectivity index (χ2v) is 4.37. The third-order valence-electron chi connectivity index (χ3n) is 2.81. The van der Waals surface area contributed by atoms with Crippen LogP contribution < -0.4 is 5.32 Å². The Labute approximate surface area is 105 Å². The van der Waals surface area contributed by atoms with E-state index in [1.165, 1.54) is 0 Å². The quantitative estimate of drug-likeness (QED) is 0.794. The Bertz CT molecular complexity index is 427. The van der Waals surface area contributed by atoms with Crippen LogP contribution in [0, 0.1) is 12.8 Å². The highest BCUT2D eigenvalue weighted by molar-refractivity contribution is 5.84. The van der Waals surface area contributed by atoms with Gasteiger partial charge < -0.3 is 14.9 Å². The van der Waals surface area contributed by atoms with Crippen molar-refractivity contribution >= 4 is 11.9 Å². The molecule has 0 aliphatic carbocycles. The minimum atomic E-state index is -1.02. The summed E-state index contributed by atoms with van der Waals surface area (Å²) >= 11 is 0. The van der Waals surface area contributed by atoms with Gasteiger partial charge in [0.2, 0.25) is 5.91 Å². The molecule has 1 aromatic heterocycles. The molecule has 1 aromatic rings. The number of rotatable bonds is 6. The zero-order valence-electron chi connectivity index (χ0n) is 10.8. The van der Waals surface area contributed by atoms with Crippen molar-refractivity contribution in [2.24, 2.45) is 5.92 Å². The maximum absolute atomic E-state index is 11.7. The number of nitrogens with one attached hydrogen (secondary N) is 1. The third kappa shape index (κ3) is 3.87. The SMILES string of the molecule is CC[C@H](C)[C@H](NC(=O)Cc1cc(C)on1)C(=O)O. The molecule has 1 rings (SSSR count). The van der Waals surface area contributed by atoms with Crippen LogP contribution in [-0.4, -0.2) is 28.2 Å². The van der Waals surface area contributed by atoms with Gasteiger partial charge in [-0.25, -0.2) is 4.79 Å². The number of aliphatic carboxylic acids is 1. The van der Waals surface area contributed by atoms with Crippen molar-refractivity contribution in [2.75, 3.05) is 0 Å². The molecule has 0 radical (unpaired) electrons. The molecule has 100 valence electrons. The molecule has 2 N–H and O–H groups in total. The number of hydrogen-bond acceptors (Lipinski definition) is 4. The number of aryl methyl sites for hydroxylation is 1. The van der Waals surface area contributed by atoms with E-state index in [-0.39, 0.29) is 18.2 Å². The van der Waals surface area contributed by atoms with Crippen LogP contribution in [0.1, 0.15) is 31.7 Å². The predicted octanol–water partition coefficient (Wildman–Crippen LogP) is 1.14. The van der Waals surface area contributed by atoms with Crippen LogP contribution >= 0.6 is 0 Å². The van der Waals surface area contributed by atoms with Crippen LogP contribution in [0.3, 0.4) is 0 Å². The Morgan fingerprint density at radius 2 is 2.22 bits per heavy atom. The topological polar surface area (TPSA) is 92.4 Å². The monoisotopic (exact) mass is 254 g/mol. The van der Waals surface area contributed by atoms with E-state index in [2.05, 4.69) is 10.5 Å². The van der Waals surface area contributed by atoms with Gasteiger partial charge in [-0.05, 0) is 12.8 Å². The molecule has 0 aliphatic heterocycles. The molecule has 6 nitrogen and oxygen atoms in total. The lowest BCUT2D eigenvalue weighted by molar-refractivity contribution is -0.143. The van der Waals surface area contributed by atoms with Gasteiger partial charge in [0.1, 0.15) is 11.8 Å². The fraction of sp³-hybridized carbons (Fsp3) is 0.583. The van der Waals surface area contributed by atoms with Gasteiger partial charge in [-0.2, -0.15) is 0 Å². The minimum absolute atomic E-state index is 0.0254. The summed E-state index contributed by atoms with van der Waals surface area (Å²) in [6.07, 6.45) is 0.706. The van der Waals surface area contributed by atoms with Gasteiger partial charge >= 0.3 is 5.97 Å². The highest BCUT2D eigenvalue weighted by atomic mass is 16.5. The maximum atomic E-state index is 11.7. The molecule has 0 aliphatic rings. The first-order valence-electron chi connectivity index (χ1n) is 5.88. The molecular formula is C12H18N2O4. The first-order chi connectivity index (χ1) is 8.43. The second kappa shape index (κ2) is 6.18. The summed E-state index contributed by atoms with van der Waals surface area (Å²) in [6.45, 7) is 5.40. The van der Waals surface area contributed by atoms with Crippen molar-refractivity contribution in [1.29, 1.82) is 0 Å². The first-order valence-corrected chi connectivity index (χ1v) is 5.88. The number of carboxylic acid groups (broad SMARTS) is 1. The van der Waals surface area contributed by atoms with Crippen molar-refractivity contribution in [2.45, 2.75) is 39.7 Å². The van der Waals surface area contributed by atoms with E-state index in [9.17, 15) is 9.59 Å². The molecule has 0 unspecified atom stereocenters. The second-order valence-electron chi connectivity index (χ2n) is 4.37. The van der Waals surface area contributed by atoms with Crippen molar-refractivity contribution < 1.29 is 19.2 Å². The molecular weight excluding hydrogens is 236 g/mol. The van der Waals surface area contributed by atoms with Crippen molar-refractivity contribution in [3.8, 4) is 0 Å². The molecule has 6 heteroatoms. The van der Waals surface area contributed by atoms with Gasteiger partial charge in [-0.1, -0.05) is 25.4 Å². The summed E-state index contributed by atoms with van der Waals surface area (Å²) in [4.78, 5) is 22.7. The van der Waals surface area contributed by atoms with E-state index in [4.69, 9.17) is 9.63 Å². The number of nitrogens with zero attached hydrogens (tertiary/aromatic N) is 1. The number of hydrogen-bond donors (Lipinski definition) is 2. The predicted molar refractivity (Wildman–Crippen MR) is 64.0 cm³/mol. The van der Waals surface area contributed by atoms with E-state index in [0.717, 1.165) is 0 Å². The van der Waals surface area contributed by atoms with Crippen molar-refractivity contribution in [3.05, 3.63) is 17.5 Å². The van der Waals surface area contributed by atoms with Crippen LogP contribution in [0.15, 0.2) is 10.6 Å². The summed E-state index contributed by atoms with van der Waals surface area (Å²) in [5.41, 5.74) is 0.498. The van der Waals surface area contributed by atoms with E-state index >= 15 is 0 Å². The lowest BCUT2D eigenvalue weighted by Gasteiger charge is -2.19. The number of amides is 1. The lowest BCUT2D eigenvalue weighted by atomic mass is 9.99. The number of aromatic nitrogens is 1. The van der Waals surface area contributed by atoms with Gasteiger partial charge in [0, 0.05) is 6.07 Å². The Morgan fingerprint density at radius 1 is 1.56 bits per heavy atom. The van der Waals surface area contributed by atoms with Crippen LogP contribution in [-0.2, 0) is 16.0 Å². The van der Waals surface area contributed by atoms with Gasteiger partial charge in [0.05, 0.1) is 12.1 Å².